The van der Waals surface area contributed by atoms with Crippen LogP contribution >= 0.6 is 15.9 Å². The molecule has 1 heterocycles. The number of halogens is 1. The van der Waals surface area contributed by atoms with Gasteiger partial charge in [0.15, 0.2) is 0 Å². The monoisotopic (exact) mass is 321 g/mol. The van der Waals surface area contributed by atoms with E-state index in [0.29, 0.717) is 0 Å². The number of aryl methyl sites for hydroxylation is 3. The van der Waals surface area contributed by atoms with Gasteiger partial charge in [-0.15, -0.1) is 0 Å². The van der Waals surface area contributed by atoms with Gasteiger partial charge in [-0.05, 0) is 31.0 Å². The first kappa shape index (κ1) is 14.1. The molecular formula is C15H20BrN3. The molecule has 0 spiro atoms. The van der Waals surface area contributed by atoms with Gasteiger partial charge >= 0.3 is 0 Å². The molecule has 0 unspecified atom stereocenters. The predicted octanol–water partition coefficient (Wildman–Crippen LogP) is 3.95. The molecule has 3 nitrogen and oxygen atoms in total. The molecule has 0 bridgehead atoms. The van der Waals surface area contributed by atoms with Crippen LogP contribution in [0.2, 0.25) is 0 Å². The molecule has 0 radical (unpaired) electrons. The van der Waals surface area contributed by atoms with Crippen molar-refractivity contribution in [3.63, 3.8) is 0 Å². The average Bonchev–Trinajstić information content (AvgIpc) is 2.72. The standard InChI is InChI=1S/C15H20BrN3/c1-5-12-6-8-13(9-7-12)18(3)15-14(10-16)11(2)17-19(15)4/h6-9H,5,10H2,1-4H3. The Hall–Kier alpha value is -1.29. The molecule has 102 valence electrons. The molecule has 0 amide bonds. The van der Waals surface area contributed by atoms with Crippen molar-refractivity contribution in [2.45, 2.75) is 25.6 Å². The third kappa shape index (κ3) is 2.68. The Labute approximate surface area is 123 Å². The fraction of sp³-hybridized carbons (Fsp3) is 0.400. The molecule has 0 fully saturated rings. The Morgan fingerprint density at radius 1 is 1.26 bits per heavy atom. The van der Waals surface area contributed by atoms with Crippen molar-refractivity contribution in [3.05, 3.63) is 41.1 Å². The van der Waals surface area contributed by atoms with Crippen LogP contribution in [-0.2, 0) is 18.8 Å². The zero-order chi connectivity index (χ0) is 14.0. The van der Waals surface area contributed by atoms with Crippen LogP contribution < -0.4 is 4.90 Å². The lowest BCUT2D eigenvalue weighted by molar-refractivity contribution is 0.750. The fourth-order valence-corrected chi connectivity index (χ4v) is 3.00. The second-order valence-corrected chi connectivity index (χ2v) is 5.28. The van der Waals surface area contributed by atoms with Crippen LogP contribution in [0.5, 0.6) is 0 Å². The van der Waals surface area contributed by atoms with Gasteiger partial charge in [0.05, 0.1) is 5.69 Å². The normalized spacial score (nSPS) is 10.8. The lowest BCUT2D eigenvalue weighted by Gasteiger charge is -2.21. The maximum atomic E-state index is 4.51. The maximum Gasteiger partial charge on any atom is 0.135 e. The highest BCUT2D eigenvalue weighted by Gasteiger charge is 2.16. The molecule has 0 aliphatic carbocycles. The molecule has 19 heavy (non-hydrogen) atoms. The summed E-state index contributed by atoms with van der Waals surface area (Å²) in [5.74, 6) is 1.14. The highest BCUT2D eigenvalue weighted by atomic mass is 79.9. The first-order valence-electron chi connectivity index (χ1n) is 6.49. The molecule has 0 aliphatic heterocycles. The molecular weight excluding hydrogens is 302 g/mol. The Kier molecular flexibility index (Phi) is 4.30. The van der Waals surface area contributed by atoms with E-state index in [9.17, 15) is 0 Å². The number of hydrogen-bond donors (Lipinski definition) is 0. The summed E-state index contributed by atoms with van der Waals surface area (Å²) in [6.45, 7) is 4.22. The SMILES string of the molecule is CCc1ccc(N(C)c2c(CBr)c(C)nn2C)cc1. The zero-order valence-electron chi connectivity index (χ0n) is 11.9. The maximum absolute atomic E-state index is 4.51. The van der Waals surface area contributed by atoms with Crippen molar-refractivity contribution < 1.29 is 0 Å². The van der Waals surface area contributed by atoms with Gasteiger partial charge in [0, 0.05) is 30.7 Å². The van der Waals surface area contributed by atoms with Gasteiger partial charge in [0.25, 0.3) is 0 Å². The average molecular weight is 322 g/mol. The summed E-state index contributed by atoms with van der Waals surface area (Å²) >= 11 is 3.56. The first-order chi connectivity index (χ1) is 9.08. The van der Waals surface area contributed by atoms with E-state index in [1.54, 1.807) is 0 Å². The summed E-state index contributed by atoms with van der Waals surface area (Å²) in [5, 5.41) is 5.33. The Morgan fingerprint density at radius 3 is 2.42 bits per heavy atom. The summed E-state index contributed by atoms with van der Waals surface area (Å²) in [6.07, 6.45) is 1.07. The van der Waals surface area contributed by atoms with Crippen LogP contribution in [0, 0.1) is 6.92 Å². The summed E-state index contributed by atoms with van der Waals surface area (Å²) in [6, 6.07) is 8.70. The van der Waals surface area contributed by atoms with E-state index in [0.717, 1.165) is 23.3 Å². The Bertz CT molecular complexity index is 558. The van der Waals surface area contributed by atoms with Crippen molar-refractivity contribution in [1.29, 1.82) is 0 Å². The van der Waals surface area contributed by atoms with Crippen LogP contribution in [0.4, 0.5) is 11.5 Å². The van der Waals surface area contributed by atoms with E-state index in [-0.39, 0.29) is 0 Å². The Balaban J connectivity index is 2.40. The summed E-state index contributed by atoms with van der Waals surface area (Å²) in [5.41, 5.74) is 4.86. The molecule has 1 aromatic carbocycles. The third-order valence-corrected chi connectivity index (χ3v) is 4.06. The Morgan fingerprint density at radius 2 is 1.89 bits per heavy atom. The number of hydrogen-bond acceptors (Lipinski definition) is 2. The molecule has 0 saturated heterocycles. The first-order valence-corrected chi connectivity index (χ1v) is 7.61. The topological polar surface area (TPSA) is 21.1 Å². The van der Waals surface area contributed by atoms with E-state index < -0.39 is 0 Å². The summed E-state index contributed by atoms with van der Waals surface area (Å²) < 4.78 is 1.94. The third-order valence-electron chi connectivity index (χ3n) is 3.50. The van der Waals surface area contributed by atoms with Gasteiger partial charge < -0.3 is 4.90 Å². The van der Waals surface area contributed by atoms with Gasteiger partial charge in [-0.2, -0.15) is 5.10 Å². The molecule has 0 aliphatic rings. The lowest BCUT2D eigenvalue weighted by atomic mass is 10.1. The summed E-state index contributed by atoms with van der Waals surface area (Å²) in [7, 11) is 4.08. The van der Waals surface area contributed by atoms with E-state index in [1.165, 1.54) is 16.8 Å². The fourth-order valence-electron chi connectivity index (χ4n) is 2.34. The number of anilines is 2. The second kappa shape index (κ2) is 5.78. The van der Waals surface area contributed by atoms with Gasteiger partial charge in [-0.25, -0.2) is 0 Å². The molecule has 1 aromatic heterocycles. The minimum atomic E-state index is 0.819. The van der Waals surface area contributed by atoms with Gasteiger partial charge in [0.1, 0.15) is 5.82 Å². The molecule has 4 heteroatoms. The van der Waals surface area contributed by atoms with Crippen molar-refractivity contribution in [2.75, 3.05) is 11.9 Å². The van der Waals surface area contributed by atoms with E-state index in [2.05, 4.69) is 64.2 Å². The van der Waals surface area contributed by atoms with Gasteiger partial charge in [-0.1, -0.05) is 35.0 Å². The smallest absolute Gasteiger partial charge is 0.135 e. The van der Waals surface area contributed by atoms with Crippen molar-refractivity contribution in [1.82, 2.24) is 9.78 Å². The lowest BCUT2D eigenvalue weighted by Crippen LogP contribution is -2.15. The van der Waals surface area contributed by atoms with Crippen molar-refractivity contribution >= 4 is 27.4 Å². The minimum Gasteiger partial charge on any atom is -0.329 e. The number of rotatable bonds is 4. The highest BCUT2D eigenvalue weighted by molar-refractivity contribution is 9.08. The number of nitrogens with zero attached hydrogens (tertiary/aromatic N) is 3. The van der Waals surface area contributed by atoms with E-state index in [4.69, 9.17) is 0 Å². The van der Waals surface area contributed by atoms with Gasteiger partial charge in [0.2, 0.25) is 0 Å². The highest BCUT2D eigenvalue weighted by Crippen LogP contribution is 2.30. The summed E-state index contributed by atoms with van der Waals surface area (Å²) in [4.78, 5) is 2.19. The van der Waals surface area contributed by atoms with Crippen molar-refractivity contribution in [3.8, 4) is 0 Å². The van der Waals surface area contributed by atoms with Crippen LogP contribution in [0.15, 0.2) is 24.3 Å². The predicted molar refractivity (Wildman–Crippen MR) is 84.5 cm³/mol. The largest absolute Gasteiger partial charge is 0.329 e. The second-order valence-electron chi connectivity index (χ2n) is 4.72. The van der Waals surface area contributed by atoms with Gasteiger partial charge in [-0.3, -0.25) is 4.68 Å². The minimum absolute atomic E-state index is 0.819. The number of alkyl halides is 1. The number of benzene rings is 1. The quantitative estimate of drug-likeness (QED) is 0.795. The zero-order valence-corrected chi connectivity index (χ0v) is 13.5. The molecule has 2 aromatic rings. The van der Waals surface area contributed by atoms with E-state index >= 15 is 0 Å². The number of aromatic nitrogens is 2. The van der Waals surface area contributed by atoms with Crippen LogP contribution in [0.25, 0.3) is 0 Å². The van der Waals surface area contributed by atoms with Crippen LogP contribution in [0.1, 0.15) is 23.7 Å². The van der Waals surface area contributed by atoms with E-state index in [1.807, 2.05) is 18.7 Å². The van der Waals surface area contributed by atoms with Crippen LogP contribution in [-0.4, -0.2) is 16.8 Å². The molecule has 0 N–H and O–H groups in total. The molecule has 2 rings (SSSR count). The van der Waals surface area contributed by atoms with Crippen LogP contribution in [0.3, 0.4) is 0 Å². The molecule has 0 atom stereocenters. The van der Waals surface area contributed by atoms with Crippen molar-refractivity contribution in [2.24, 2.45) is 7.05 Å². The molecule has 0 saturated carbocycles.